The summed E-state index contributed by atoms with van der Waals surface area (Å²) in [6.45, 7) is 4.31. The molecule has 1 aliphatic rings. The minimum Gasteiger partial charge on any atom is -0.493 e. The maximum absolute atomic E-state index is 12.3. The first kappa shape index (κ1) is 16.4. The summed E-state index contributed by atoms with van der Waals surface area (Å²) in [4.78, 5) is 25.8. The number of hydrogen-bond donors (Lipinski definition) is 0. The lowest BCUT2D eigenvalue weighted by atomic mass is 10.1. The molecule has 5 nitrogen and oxygen atoms in total. The van der Waals surface area contributed by atoms with E-state index in [0.717, 1.165) is 29.3 Å². The fourth-order valence-corrected chi connectivity index (χ4v) is 3.07. The van der Waals surface area contributed by atoms with Crippen molar-refractivity contribution in [2.75, 3.05) is 20.8 Å². The molecule has 0 saturated carbocycles. The quantitative estimate of drug-likeness (QED) is 0.777. The van der Waals surface area contributed by atoms with Crippen molar-refractivity contribution in [2.45, 2.75) is 20.3 Å². The number of hydrogen-bond acceptors (Lipinski definition) is 5. The number of ether oxygens (including phenoxy) is 2. The van der Waals surface area contributed by atoms with Crippen molar-refractivity contribution in [2.24, 2.45) is 0 Å². The van der Waals surface area contributed by atoms with Crippen LogP contribution in [0.2, 0.25) is 0 Å². The maximum atomic E-state index is 12.3. The second kappa shape index (κ2) is 6.87. The zero-order chi connectivity index (χ0) is 16.3. The first-order chi connectivity index (χ1) is 10.5. The minimum absolute atomic E-state index is 0.212. The van der Waals surface area contributed by atoms with E-state index < -0.39 is 0 Å². The highest BCUT2D eigenvalue weighted by molar-refractivity contribution is 8.18. The maximum Gasteiger partial charge on any atom is 0.293 e. The van der Waals surface area contributed by atoms with Crippen LogP contribution in [-0.4, -0.2) is 36.8 Å². The molecular weight excluding hydrogens is 302 g/mol. The third-order valence-corrected chi connectivity index (χ3v) is 4.29. The van der Waals surface area contributed by atoms with Crippen molar-refractivity contribution in [3.63, 3.8) is 0 Å². The second-order valence-electron chi connectivity index (χ2n) is 4.90. The van der Waals surface area contributed by atoms with Gasteiger partial charge in [-0.25, -0.2) is 0 Å². The Morgan fingerprint density at radius 1 is 1.18 bits per heavy atom. The van der Waals surface area contributed by atoms with Crippen molar-refractivity contribution < 1.29 is 19.1 Å². The molecule has 1 aliphatic heterocycles. The topological polar surface area (TPSA) is 55.8 Å². The molecule has 2 rings (SSSR count). The van der Waals surface area contributed by atoms with Crippen molar-refractivity contribution in [1.29, 1.82) is 0 Å². The molecule has 0 aliphatic carbocycles. The van der Waals surface area contributed by atoms with Gasteiger partial charge in [-0.1, -0.05) is 6.92 Å². The number of carbonyl (C=O) groups is 2. The fraction of sp³-hybridized carbons (Fsp3) is 0.375. The monoisotopic (exact) mass is 321 g/mol. The van der Waals surface area contributed by atoms with Crippen LogP contribution < -0.4 is 9.47 Å². The number of methoxy groups -OCH3 is 2. The van der Waals surface area contributed by atoms with E-state index in [-0.39, 0.29) is 11.1 Å². The van der Waals surface area contributed by atoms with Crippen molar-refractivity contribution in [3.05, 3.63) is 28.2 Å². The summed E-state index contributed by atoms with van der Waals surface area (Å²) < 4.78 is 10.5. The summed E-state index contributed by atoms with van der Waals surface area (Å²) in [5, 5.41) is -0.212. The fourth-order valence-electron chi connectivity index (χ4n) is 2.21. The molecule has 1 saturated heterocycles. The highest BCUT2D eigenvalue weighted by Crippen LogP contribution is 2.35. The highest BCUT2D eigenvalue weighted by atomic mass is 32.2. The molecule has 0 radical (unpaired) electrons. The summed E-state index contributed by atoms with van der Waals surface area (Å²) >= 11 is 0.975. The Kier molecular flexibility index (Phi) is 5.13. The predicted octanol–water partition coefficient (Wildman–Crippen LogP) is 3.46. The molecule has 6 heteroatoms. The van der Waals surface area contributed by atoms with Crippen LogP contribution in [0.3, 0.4) is 0 Å². The van der Waals surface area contributed by atoms with Gasteiger partial charge in [-0.2, -0.15) is 0 Å². The van der Waals surface area contributed by atoms with E-state index in [2.05, 4.69) is 0 Å². The molecule has 0 atom stereocenters. The average molecular weight is 321 g/mol. The molecule has 0 unspecified atom stereocenters. The Morgan fingerprint density at radius 3 is 2.41 bits per heavy atom. The van der Waals surface area contributed by atoms with E-state index in [9.17, 15) is 9.59 Å². The van der Waals surface area contributed by atoms with Gasteiger partial charge in [0.25, 0.3) is 11.1 Å². The number of imide groups is 1. The van der Waals surface area contributed by atoms with Gasteiger partial charge >= 0.3 is 0 Å². The van der Waals surface area contributed by atoms with Crippen LogP contribution in [0.15, 0.2) is 17.0 Å². The van der Waals surface area contributed by atoms with E-state index >= 15 is 0 Å². The molecule has 2 amide bonds. The minimum atomic E-state index is -0.231. The summed E-state index contributed by atoms with van der Waals surface area (Å²) in [6.07, 6.45) is 2.48. The molecule has 1 heterocycles. The van der Waals surface area contributed by atoms with Crippen LogP contribution in [-0.2, 0) is 4.79 Å². The zero-order valence-corrected chi connectivity index (χ0v) is 14.0. The third-order valence-electron chi connectivity index (χ3n) is 3.38. The van der Waals surface area contributed by atoms with Gasteiger partial charge in [0.2, 0.25) is 0 Å². The SMILES string of the molecule is CCCN1C(=O)S/C(=C\c2cc(OC)c(OC)cc2C)C1=O. The highest BCUT2D eigenvalue weighted by Gasteiger charge is 2.34. The molecule has 0 bridgehead atoms. The van der Waals surface area contributed by atoms with E-state index in [1.165, 1.54) is 4.90 Å². The summed E-state index contributed by atoms with van der Waals surface area (Å²) in [7, 11) is 3.14. The number of carbonyl (C=O) groups excluding carboxylic acids is 2. The first-order valence-corrected chi connectivity index (χ1v) is 7.81. The number of benzene rings is 1. The van der Waals surface area contributed by atoms with Crippen molar-refractivity contribution in [3.8, 4) is 11.5 Å². The van der Waals surface area contributed by atoms with Crippen LogP contribution in [0.4, 0.5) is 4.79 Å². The van der Waals surface area contributed by atoms with Crippen LogP contribution >= 0.6 is 11.8 Å². The molecule has 1 fully saturated rings. The lowest BCUT2D eigenvalue weighted by Gasteiger charge is -2.11. The lowest BCUT2D eigenvalue weighted by molar-refractivity contribution is -0.122. The second-order valence-corrected chi connectivity index (χ2v) is 5.89. The number of nitrogens with zero attached hydrogens (tertiary/aromatic N) is 1. The summed E-state index contributed by atoms with van der Waals surface area (Å²) in [6, 6.07) is 3.66. The van der Waals surface area contributed by atoms with Gasteiger partial charge in [0.1, 0.15) is 0 Å². The Morgan fingerprint density at radius 2 is 1.82 bits per heavy atom. The molecule has 118 valence electrons. The van der Waals surface area contributed by atoms with Gasteiger partial charge in [0, 0.05) is 6.54 Å². The van der Waals surface area contributed by atoms with Gasteiger partial charge in [-0.3, -0.25) is 14.5 Å². The molecular formula is C16H19NO4S. The molecule has 22 heavy (non-hydrogen) atoms. The summed E-state index contributed by atoms with van der Waals surface area (Å²) in [5.41, 5.74) is 1.78. The van der Waals surface area contributed by atoms with Gasteiger partial charge in [-0.05, 0) is 54.4 Å². The van der Waals surface area contributed by atoms with Crippen LogP contribution in [0.25, 0.3) is 6.08 Å². The Balaban J connectivity index is 2.37. The molecule has 0 N–H and O–H groups in total. The number of rotatable bonds is 5. The third kappa shape index (κ3) is 3.11. The van der Waals surface area contributed by atoms with Crippen molar-refractivity contribution in [1.82, 2.24) is 4.90 Å². The standard InChI is InChI=1S/C16H19NO4S/c1-5-6-17-15(18)14(22-16(17)19)9-11-8-13(21-4)12(20-3)7-10(11)2/h7-9H,5-6H2,1-4H3/b14-9-. The molecule has 1 aromatic rings. The van der Waals surface area contributed by atoms with E-state index in [0.29, 0.717) is 22.9 Å². The number of thioether (sulfide) groups is 1. The largest absolute Gasteiger partial charge is 0.493 e. The summed E-state index contributed by atoms with van der Waals surface area (Å²) in [5.74, 6) is 0.995. The van der Waals surface area contributed by atoms with E-state index in [4.69, 9.17) is 9.47 Å². The van der Waals surface area contributed by atoms with Gasteiger partial charge in [-0.15, -0.1) is 0 Å². The Hall–Kier alpha value is -1.95. The zero-order valence-electron chi connectivity index (χ0n) is 13.1. The lowest BCUT2D eigenvalue weighted by Crippen LogP contribution is -2.28. The van der Waals surface area contributed by atoms with E-state index in [1.54, 1.807) is 20.3 Å². The smallest absolute Gasteiger partial charge is 0.293 e. The Bertz CT molecular complexity index is 639. The van der Waals surface area contributed by atoms with Gasteiger partial charge in [0.15, 0.2) is 11.5 Å². The number of aryl methyl sites for hydroxylation is 1. The van der Waals surface area contributed by atoms with Crippen LogP contribution in [0, 0.1) is 6.92 Å². The van der Waals surface area contributed by atoms with Crippen LogP contribution in [0.5, 0.6) is 11.5 Å². The average Bonchev–Trinajstić information content (AvgIpc) is 2.76. The van der Waals surface area contributed by atoms with Crippen molar-refractivity contribution >= 4 is 29.0 Å². The molecule has 0 spiro atoms. The van der Waals surface area contributed by atoms with Gasteiger partial charge in [0.05, 0.1) is 19.1 Å². The van der Waals surface area contributed by atoms with Gasteiger partial charge < -0.3 is 9.47 Å². The van der Waals surface area contributed by atoms with E-state index in [1.807, 2.05) is 26.0 Å². The molecule has 1 aromatic carbocycles. The molecule has 0 aromatic heterocycles. The van der Waals surface area contributed by atoms with Crippen LogP contribution in [0.1, 0.15) is 24.5 Å². The normalized spacial score (nSPS) is 16.5. The first-order valence-electron chi connectivity index (χ1n) is 6.99. The predicted molar refractivity (Wildman–Crippen MR) is 87.3 cm³/mol. The Labute approximate surface area is 134 Å². The number of amides is 2.